The Bertz CT molecular complexity index is 802. The van der Waals surface area contributed by atoms with Crippen molar-refractivity contribution in [1.82, 2.24) is 5.32 Å². The lowest BCUT2D eigenvalue weighted by Gasteiger charge is -2.27. The molecule has 2 aromatic rings. The number of rotatable bonds is 6. The fraction of sp³-hybridized carbons (Fsp3) is 0.364. The molecule has 0 radical (unpaired) electrons. The summed E-state index contributed by atoms with van der Waals surface area (Å²) < 4.78 is 0. The first-order chi connectivity index (χ1) is 12.9. The summed E-state index contributed by atoms with van der Waals surface area (Å²) in [6, 6.07) is 15.4. The monoisotopic (exact) mass is 403 g/mol. The molecule has 1 amide bonds. The van der Waals surface area contributed by atoms with Crippen molar-refractivity contribution < 1.29 is 9.59 Å². The van der Waals surface area contributed by atoms with Crippen molar-refractivity contribution in [1.29, 1.82) is 0 Å². The first kappa shape index (κ1) is 19.9. The maximum Gasteiger partial charge on any atom is 0.223 e. The number of carbonyl (C=O) groups is 2. The van der Waals surface area contributed by atoms with Gasteiger partial charge < -0.3 is 5.32 Å². The normalized spacial score (nSPS) is 18.9. The van der Waals surface area contributed by atoms with Crippen LogP contribution in [-0.2, 0) is 16.0 Å². The zero-order valence-corrected chi connectivity index (χ0v) is 16.8. The number of halogens is 2. The summed E-state index contributed by atoms with van der Waals surface area (Å²) in [4.78, 5) is 24.1. The van der Waals surface area contributed by atoms with E-state index in [4.69, 9.17) is 23.2 Å². The van der Waals surface area contributed by atoms with Gasteiger partial charge in [0, 0.05) is 40.8 Å². The summed E-state index contributed by atoms with van der Waals surface area (Å²) in [6.45, 7) is 2.02. The number of hydrogen-bond donors (Lipinski definition) is 1. The molecule has 0 bridgehead atoms. The van der Waals surface area contributed by atoms with Crippen molar-refractivity contribution in [2.75, 3.05) is 0 Å². The van der Waals surface area contributed by atoms with Gasteiger partial charge in [-0.05, 0) is 55.2 Å². The van der Waals surface area contributed by atoms with E-state index in [-0.39, 0.29) is 29.6 Å². The fourth-order valence-corrected chi connectivity index (χ4v) is 3.90. The molecule has 0 aromatic heterocycles. The smallest absolute Gasteiger partial charge is 0.223 e. The number of benzene rings is 2. The van der Waals surface area contributed by atoms with Crippen LogP contribution in [0.15, 0.2) is 48.5 Å². The Kier molecular flexibility index (Phi) is 6.56. The molecule has 27 heavy (non-hydrogen) atoms. The molecule has 142 valence electrons. The first-order valence-electron chi connectivity index (χ1n) is 9.24. The zero-order valence-electron chi connectivity index (χ0n) is 15.3. The van der Waals surface area contributed by atoms with Gasteiger partial charge in [-0.25, -0.2) is 0 Å². The van der Waals surface area contributed by atoms with Crippen LogP contribution < -0.4 is 5.32 Å². The lowest BCUT2D eigenvalue weighted by molar-refractivity contribution is -0.127. The summed E-state index contributed by atoms with van der Waals surface area (Å²) in [6.07, 6.45) is 2.29. The van der Waals surface area contributed by atoms with Gasteiger partial charge in [0.15, 0.2) is 0 Å². The van der Waals surface area contributed by atoms with E-state index in [2.05, 4.69) is 5.32 Å². The second-order valence-electron chi connectivity index (χ2n) is 7.26. The van der Waals surface area contributed by atoms with Gasteiger partial charge in [-0.15, -0.1) is 0 Å². The molecule has 0 saturated heterocycles. The number of ketones is 1. The topological polar surface area (TPSA) is 46.2 Å². The molecular formula is C22H23Cl2NO2. The number of carbonyl (C=O) groups excluding carboxylic acids is 2. The molecule has 3 atom stereocenters. The van der Waals surface area contributed by atoms with Crippen LogP contribution in [0, 0.1) is 5.92 Å². The predicted molar refractivity (Wildman–Crippen MR) is 109 cm³/mol. The van der Waals surface area contributed by atoms with E-state index in [0.29, 0.717) is 29.3 Å². The van der Waals surface area contributed by atoms with E-state index in [1.807, 2.05) is 55.5 Å². The molecular weight excluding hydrogens is 381 g/mol. The summed E-state index contributed by atoms with van der Waals surface area (Å²) in [5.74, 6) is 0.0486. The second kappa shape index (κ2) is 8.90. The molecule has 1 fully saturated rings. The van der Waals surface area contributed by atoms with Crippen molar-refractivity contribution in [3.05, 3.63) is 69.7 Å². The molecule has 1 aliphatic rings. The number of nitrogens with one attached hydrogen (secondary N) is 1. The van der Waals surface area contributed by atoms with Crippen molar-refractivity contribution in [3.63, 3.8) is 0 Å². The molecule has 0 heterocycles. The van der Waals surface area contributed by atoms with Crippen molar-refractivity contribution in [3.8, 4) is 0 Å². The Balaban J connectivity index is 1.77. The van der Waals surface area contributed by atoms with Gasteiger partial charge in [0.05, 0.1) is 0 Å². The van der Waals surface area contributed by atoms with Crippen molar-refractivity contribution >= 4 is 34.9 Å². The van der Waals surface area contributed by atoms with E-state index < -0.39 is 0 Å². The number of hydrogen-bond acceptors (Lipinski definition) is 2. The van der Waals surface area contributed by atoms with Crippen molar-refractivity contribution in [2.24, 2.45) is 5.92 Å². The van der Waals surface area contributed by atoms with Crippen LogP contribution in [0.1, 0.15) is 43.2 Å². The van der Waals surface area contributed by atoms with E-state index >= 15 is 0 Å². The molecule has 3 unspecified atom stereocenters. The Morgan fingerprint density at radius 2 is 1.67 bits per heavy atom. The quantitative estimate of drug-likeness (QED) is 0.720. The van der Waals surface area contributed by atoms with Gasteiger partial charge >= 0.3 is 0 Å². The third-order valence-corrected chi connectivity index (χ3v) is 5.76. The largest absolute Gasteiger partial charge is 0.353 e. The highest BCUT2D eigenvalue weighted by Gasteiger charge is 2.30. The highest BCUT2D eigenvalue weighted by molar-refractivity contribution is 6.30. The summed E-state index contributed by atoms with van der Waals surface area (Å²) >= 11 is 12.0. The van der Waals surface area contributed by atoms with Gasteiger partial charge in [0.2, 0.25) is 5.91 Å². The lowest BCUT2D eigenvalue weighted by Crippen LogP contribution is -2.40. The van der Waals surface area contributed by atoms with Crippen LogP contribution in [0.4, 0.5) is 0 Å². The summed E-state index contributed by atoms with van der Waals surface area (Å²) in [5, 5.41) is 4.53. The van der Waals surface area contributed by atoms with E-state index in [0.717, 1.165) is 17.5 Å². The Labute approximate surface area is 170 Å². The molecule has 0 aliphatic heterocycles. The van der Waals surface area contributed by atoms with Gasteiger partial charge in [0.25, 0.3) is 0 Å². The second-order valence-corrected chi connectivity index (χ2v) is 8.14. The maximum absolute atomic E-state index is 12.6. The third-order valence-electron chi connectivity index (χ3n) is 5.26. The molecule has 2 aromatic carbocycles. The standard InChI is InChI=1S/C22H23Cl2NO2/c1-14(25-22(27)17-6-11-20(26)13-17)21(16-4-9-19(24)10-5-16)12-15-2-7-18(23)8-3-15/h2-5,7-10,14,17,21H,6,11-13H2,1H3,(H,25,27). The SMILES string of the molecule is CC(NC(=O)C1CCC(=O)C1)C(Cc1ccc(Cl)cc1)c1ccc(Cl)cc1. The van der Waals surface area contributed by atoms with E-state index in [1.54, 1.807) is 0 Å². The molecule has 1 aliphatic carbocycles. The summed E-state index contributed by atoms with van der Waals surface area (Å²) in [7, 11) is 0. The highest BCUT2D eigenvalue weighted by Crippen LogP contribution is 2.28. The molecule has 3 rings (SSSR count). The Morgan fingerprint density at radius 1 is 1.07 bits per heavy atom. The minimum absolute atomic E-state index is 0.0246. The molecule has 5 heteroatoms. The minimum atomic E-state index is -0.193. The summed E-state index contributed by atoms with van der Waals surface area (Å²) in [5.41, 5.74) is 2.26. The predicted octanol–water partition coefficient (Wildman–Crippen LogP) is 5.19. The van der Waals surface area contributed by atoms with E-state index in [9.17, 15) is 9.59 Å². The van der Waals surface area contributed by atoms with Crippen LogP contribution in [0.5, 0.6) is 0 Å². The number of amides is 1. The fourth-order valence-electron chi connectivity index (χ4n) is 3.65. The highest BCUT2D eigenvalue weighted by atomic mass is 35.5. The van der Waals surface area contributed by atoms with Crippen LogP contribution >= 0.6 is 23.2 Å². The van der Waals surface area contributed by atoms with Crippen LogP contribution in [-0.4, -0.2) is 17.7 Å². The third kappa shape index (κ3) is 5.33. The average Bonchev–Trinajstić information content (AvgIpc) is 3.08. The Morgan fingerprint density at radius 3 is 2.22 bits per heavy atom. The van der Waals surface area contributed by atoms with Crippen molar-refractivity contribution in [2.45, 2.75) is 44.6 Å². The van der Waals surface area contributed by atoms with Crippen LogP contribution in [0.3, 0.4) is 0 Å². The Hall–Kier alpha value is -1.84. The van der Waals surface area contributed by atoms with Crippen LogP contribution in [0.2, 0.25) is 10.0 Å². The minimum Gasteiger partial charge on any atom is -0.353 e. The number of Topliss-reactive ketones (excluding diaryl/α,β-unsaturated/α-hetero) is 1. The zero-order chi connectivity index (χ0) is 19.4. The van der Waals surface area contributed by atoms with Crippen LogP contribution in [0.25, 0.3) is 0 Å². The molecule has 0 spiro atoms. The molecule has 1 N–H and O–H groups in total. The van der Waals surface area contributed by atoms with Gasteiger partial charge in [-0.3, -0.25) is 9.59 Å². The van der Waals surface area contributed by atoms with Gasteiger partial charge in [-0.2, -0.15) is 0 Å². The van der Waals surface area contributed by atoms with Gasteiger partial charge in [0.1, 0.15) is 5.78 Å². The van der Waals surface area contributed by atoms with Gasteiger partial charge in [-0.1, -0.05) is 47.5 Å². The van der Waals surface area contributed by atoms with E-state index in [1.165, 1.54) is 0 Å². The molecule has 1 saturated carbocycles. The maximum atomic E-state index is 12.6. The average molecular weight is 404 g/mol. The lowest BCUT2D eigenvalue weighted by atomic mass is 9.86. The molecule has 3 nitrogen and oxygen atoms in total. The first-order valence-corrected chi connectivity index (χ1v) is 10.00.